The van der Waals surface area contributed by atoms with Crippen LogP contribution in [0.2, 0.25) is 0 Å². The van der Waals surface area contributed by atoms with Crippen molar-refractivity contribution in [3.8, 4) is 11.5 Å². The Morgan fingerprint density at radius 2 is 2.35 bits per heavy atom. The number of thiazole rings is 1. The molecule has 0 spiro atoms. The van der Waals surface area contributed by atoms with E-state index < -0.39 is 0 Å². The second-order valence-electron chi connectivity index (χ2n) is 5.78. The molecule has 3 rings (SSSR count). The molecular weight excluding hydrogens is 272 g/mol. The van der Waals surface area contributed by atoms with E-state index >= 15 is 0 Å². The largest absolute Gasteiger partial charge is 0.339 e. The van der Waals surface area contributed by atoms with E-state index in [1.807, 2.05) is 12.3 Å². The number of rotatable bonds is 3. The number of anilines is 1. The molecule has 3 heterocycles. The highest BCUT2D eigenvalue weighted by Crippen LogP contribution is 2.30. The van der Waals surface area contributed by atoms with E-state index in [9.17, 15) is 0 Å². The maximum atomic E-state index is 5.89. The Bertz CT molecular complexity index is 591. The van der Waals surface area contributed by atoms with Gasteiger partial charge in [-0.05, 0) is 31.7 Å². The molecule has 0 aliphatic carbocycles. The second-order valence-corrected chi connectivity index (χ2v) is 6.84. The number of hydrogen-bond acceptors (Lipinski definition) is 6. The molecule has 1 unspecified atom stereocenters. The quantitative estimate of drug-likeness (QED) is 0.901. The highest BCUT2D eigenvalue weighted by atomic mass is 32.1. The Balaban J connectivity index is 1.80. The molecule has 1 aliphatic rings. The van der Waals surface area contributed by atoms with Crippen LogP contribution in [0.1, 0.15) is 24.8 Å². The average Bonchev–Trinajstić information content (AvgIpc) is 3.07. The molecule has 20 heavy (non-hydrogen) atoms. The predicted molar refractivity (Wildman–Crippen MR) is 80.8 cm³/mol. The summed E-state index contributed by atoms with van der Waals surface area (Å²) in [6.07, 6.45) is 2.30. The van der Waals surface area contributed by atoms with Crippen LogP contribution in [0.4, 0.5) is 5.95 Å². The first kappa shape index (κ1) is 13.5. The molecule has 0 bridgehead atoms. The van der Waals surface area contributed by atoms with Gasteiger partial charge in [0.15, 0.2) is 5.82 Å². The first-order valence-corrected chi connectivity index (χ1v) is 7.77. The molecule has 3 N–H and O–H groups in total. The van der Waals surface area contributed by atoms with Crippen LogP contribution in [-0.2, 0) is 0 Å². The molecular formula is C13H20N6S. The summed E-state index contributed by atoms with van der Waals surface area (Å²) >= 11 is 1.62. The third kappa shape index (κ3) is 2.55. The molecule has 2 aromatic heterocycles. The van der Waals surface area contributed by atoms with Gasteiger partial charge in [-0.25, -0.2) is 4.98 Å². The number of aryl methyl sites for hydroxylation is 1. The number of aromatic nitrogens is 4. The highest BCUT2D eigenvalue weighted by Gasteiger charge is 2.31. The summed E-state index contributed by atoms with van der Waals surface area (Å²) in [4.78, 5) is 11.2. The van der Waals surface area contributed by atoms with Crippen LogP contribution < -0.4 is 10.6 Å². The maximum Gasteiger partial charge on any atom is 0.245 e. The fraction of sp³-hybridized carbons (Fsp3) is 0.615. The Hall–Kier alpha value is -1.47. The molecule has 6 nitrogen and oxygen atoms in total. The molecule has 1 saturated heterocycles. The zero-order valence-corrected chi connectivity index (χ0v) is 12.7. The summed E-state index contributed by atoms with van der Waals surface area (Å²) in [5.74, 6) is 1.49. The second kappa shape index (κ2) is 5.14. The lowest BCUT2D eigenvalue weighted by Crippen LogP contribution is -2.46. The minimum atomic E-state index is 0.163. The van der Waals surface area contributed by atoms with Gasteiger partial charge in [0.2, 0.25) is 5.95 Å². The van der Waals surface area contributed by atoms with E-state index in [1.54, 1.807) is 11.3 Å². The van der Waals surface area contributed by atoms with Crippen molar-refractivity contribution in [1.29, 1.82) is 0 Å². The number of H-pyrrole nitrogens is 1. The molecule has 0 aromatic carbocycles. The standard InChI is InChI=1S/C13H20N6S/c1-9-15-10(6-20-9)11-16-12(18-17-11)19-5-3-4-13(2,7-14)8-19/h6H,3-5,7-8,14H2,1-2H3,(H,16,17,18). The SMILES string of the molecule is Cc1nc(-c2nc(N3CCCC(C)(CN)C3)n[nH]2)cs1. The van der Waals surface area contributed by atoms with E-state index in [0.29, 0.717) is 6.54 Å². The van der Waals surface area contributed by atoms with Gasteiger partial charge in [-0.2, -0.15) is 4.98 Å². The smallest absolute Gasteiger partial charge is 0.245 e. The first-order chi connectivity index (χ1) is 9.59. The molecule has 0 amide bonds. The molecule has 0 saturated carbocycles. The number of nitrogens with two attached hydrogens (primary N) is 1. The van der Waals surface area contributed by atoms with E-state index in [0.717, 1.165) is 42.0 Å². The molecule has 7 heteroatoms. The summed E-state index contributed by atoms with van der Waals surface area (Å²) < 4.78 is 0. The molecule has 1 fully saturated rings. The Morgan fingerprint density at radius 1 is 1.50 bits per heavy atom. The van der Waals surface area contributed by atoms with Gasteiger partial charge in [0.05, 0.1) is 5.01 Å². The lowest BCUT2D eigenvalue weighted by atomic mass is 9.82. The number of nitrogens with zero attached hydrogens (tertiary/aromatic N) is 4. The van der Waals surface area contributed by atoms with Gasteiger partial charge >= 0.3 is 0 Å². The van der Waals surface area contributed by atoms with Crippen LogP contribution >= 0.6 is 11.3 Å². The summed E-state index contributed by atoms with van der Waals surface area (Å²) in [6, 6.07) is 0. The summed E-state index contributed by atoms with van der Waals surface area (Å²) in [6.45, 7) is 6.82. The summed E-state index contributed by atoms with van der Waals surface area (Å²) in [5, 5.41) is 10.4. The zero-order chi connectivity index (χ0) is 14.2. The van der Waals surface area contributed by atoms with Gasteiger partial charge < -0.3 is 10.6 Å². The summed E-state index contributed by atoms with van der Waals surface area (Å²) in [5.41, 5.74) is 6.92. The lowest BCUT2D eigenvalue weighted by molar-refractivity contribution is 0.270. The minimum Gasteiger partial charge on any atom is -0.339 e. The molecule has 108 valence electrons. The van der Waals surface area contributed by atoms with Crippen molar-refractivity contribution in [1.82, 2.24) is 20.2 Å². The fourth-order valence-electron chi connectivity index (χ4n) is 2.63. The normalized spacial score (nSPS) is 23.2. The fourth-order valence-corrected chi connectivity index (χ4v) is 3.23. The van der Waals surface area contributed by atoms with Crippen LogP contribution in [0.5, 0.6) is 0 Å². The van der Waals surface area contributed by atoms with Crippen LogP contribution in [-0.4, -0.2) is 39.8 Å². The van der Waals surface area contributed by atoms with Crippen LogP contribution in [0, 0.1) is 12.3 Å². The third-order valence-corrected chi connectivity index (χ3v) is 4.67. The van der Waals surface area contributed by atoms with Crippen molar-refractivity contribution in [3.05, 3.63) is 10.4 Å². The molecule has 1 atom stereocenters. The monoisotopic (exact) mass is 292 g/mol. The van der Waals surface area contributed by atoms with Crippen LogP contribution in [0.15, 0.2) is 5.38 Å². The molecule has 2 aromatic rings. The van der Waals surface area contributed by atoms with Crippen molar-refractivity contribution in [2.75, 3.05) is 24.5 Å². The van der Waals surface area contributed by atoms with Crippen molar-refractivity contribution >= 4 is 17.3 Å². The average molecular weight is 292 g/mol. The Kier molecular flexibility index (Phi) is 3.47. The lowest BCUT2D eigenvalue weighted by Gasteiger charge is -2.39. The van der Waals surface area contributed by atoms with Gasteiger partial charge in [0.1, 0.15) is 5.69 Å². The zero-order valence-electron chi connectivity index (χ0n) is 11.9. The van der Waals surface area contributed by atoms with E-state index in [1.165, 1.54) is 6.42 Å². The van der Waals surface area contributed by atoms with Gasteiger partial charge in [0, 0.05) is 18.5 Å². The van der Waals surface area contributed by atoms with Crippen LogP contribution in [0.3, 0.4) is 0 Å². The first-order valence-electron chi connectivity index (χ1n) is 6.90. The Morgan fingerprint density at radius 3 is 3.05 bits per heavy atom. The van der Waals surface area contributed by atoms with Crippen molar-refractivity contribution in [2.45, 2.75) is 26.7 Å². The van der Waals surface area contributed by atoms with Crippen molar-refractivity contribution in [3.63, 3.8) is 0 Å². The van der Waals surface area contributed by atoms with Gasteiger partial charge in [-0.3, -0.25) is 5.10 Å². The van der Waals surface area contributed by atoms with E-state index in [4.69, 9.17) is 5.73 Å². The van der Waals surface area contributed by atoms with Gasteiger partial charge in [-0.15, -0.1) is 16.4 Å². The summed E-state index contributed by atoms with van der Waals surface area (Å²) in [7, 11) is 0. The number of nitrogens with one attached hydrogen (secondary N) is 1. The molecule has 0 radical (unpaired) electrons. The third-order valence-electron chi connectivity index (χ3n) is 3.89. The van der Waals surface area contributed by atoms with E-state index in [2.05, 4.69) is 32.0 Å². The number of hydrogen-bond donors (Lipinski definition) is 2. The topological polar surface area (TPSA) is 83.7 Å². The molecule has 1 aliphatic heterocycles. The highest BCUT2D eigenvalue weighted by molar-refractivity contribution is 7.09. The number of piperidine rings is 1. The van der Waals surface area contributed by atoms with Gasteiger partial charge in [0.25, 0.3) is 0 Å². The van der Waals surface area contributed by atoms with Crippen molar-refractivity contribution in [2.24, 2.45) is 11.1 Å². The maximum absolute atomic E-state index is 5.89. The predicted octanol–water partition coefficient (Wildman–Crippen LogP) is 1.80. The van der Waals surface area contributed by atoms with E-state index in [-0.39, 0.29) is 5.41 Å². The van der Waals surface area contributed by atoms with Crippen molar-refractivity contribution < 1.29 is 0 Å². The van der Waals surface area contributed by atoms with Crippen LogP contribution in [0.25, 0.3) is 11.5 Å². The minimum absolute atomic E-state index is 0.163. The number of aromatic amines is 1. The van der Waals surface area contributed by atoms with Gasteiger partial charge in [-0.1, -0.05) is 6.92 Å². The Labute approximate surface area is 122 Å².